The van der Waals surface area contributed by atoms with Crippen LogP contribution < -0.4 is 0 Å². The van der Waals surface area contributed by atoms with Crippen LogP contribution in [0.4, 0.5) is 0 Å². The highest BCUT2D eigenvalue weighted by Crippen LogP contribution is 2.11. The maximum absolute atomic E-state index is 12.1. The summed E-state index contributed by atoms with van der Waals surface area (Å²) in [4.78, 5) is 16.2. The van der Waals surface area contributed by atoms with Crippen LogP contribution in [0.1, 0.15) is 27.3 Å². The van der Waals surface area contributed by atoms with Crippen molar-refractivity contribution >= 4 is 5.78 Å². The standard InChI is InChI=1S/C14H16N2O/c1-10-4-5-13(8-11(10)2)14(17)9-16-7-6-15-12(16)3/h4-8H,9H2,1-3H3. The summed E-state index contributed by atoms with van der Waals surface area (Å²) < 4.78 is 1.86. The van der Waals surface area contributed by atoms with E-state index in [-0.39, 0.29) is 5.78 Å². The number of carbonyl (C=O) groups excluding carboxylic acids is 1. The third-order valence-electron chi connectivity index (χ3n) is 3.07. The number of rotatable bonds is 3. The molecule has 88 valence electrons. The molecule has 0 unspecified atom stereocenters. The van der Waals surface area contributed by atoms with Crippen LogP contribution in [-0.2, 0) is 6.54 Å². The molecule has 0 bridgehead atoms. The van der Waals surface area contributed by atoms with E-state index in [1.54, 1.807) is 6.20 Å². The van der Waals surface area contributed by atoms with E-state index in [4.69, 9.17) is 0 Å². The molecule has 0 radical (unpaired) electrons. The molecule has 0 fully saturated rings. The largest absolute Gasteiger partial charge is 0.327 e. The quantitative estimate of drug-likeness (QED) is 0.757. The summed E-state index contributed by atoms with van der Waals surface area (Å²) in [6.45, 7) is 6.32. The van der Waals surface area contributed by atoms with Gasteiger partial charge in [-0.15, -0.1) is 0 Å². The van der Waals surface area contributed by atoms with Gasteiger partial charge in [0.25, 0.3) is 0 Å². The predicted molar refractivity (Wildman–Crippen MR) is 67.2 cm³/mol. The molecule has 0 spiro atoms. The first-order valence-corrected chi connectivity index (χ1v) is 5.66. The molecule has 1 heterocycles. The predicted octanol–water partition coefficient (Wildman–Crippen LogP) is 2.69. The number of benzene rings is 1. The van der Waals surface area contributed by atoms with Gasteiger partial charge in [-0.1, -0.05) is 12.1 Å². The van der Waals surface area contributed by atoms with Crippen molar-refractivity contribution in [2.75, 3.05) is 0 Å². The average molecular weight is 228 g/mol. The van der Waals surface area contributed by atoms with E-state index in [9.17, 15) is 4.79 Å². The lowest BCUT2D eigenvalue weighted by molar-refractivity contribution is 0.0971. The second kappa shape index (κ2) is 4.53. The van der Waals surface area contributed by atoms with E-state index < -0.39 is 0 Å². The first-order chi connectivity index (χ1) is 8.08. The highest BCUT2D eigenvalue weighted by molar-refractivity contribution is 5.96. The number of aromatic nitrogens is 2. The smallest absolute Gasteiger partial charge is 0.182 e. The van der Waals surface area contributed by atoms with Gasteiger partial charge in [-0.25, -0.2) is 4.98 Å². The zero-order valence-corrected chi connectivity index (χ0v) is 10.4. The van der Waals surface area contributed by atoms with Crippen LogP contribution in [0.25, 0.3) is 0 Å². The van der Waals surface area contributed by atoms with Gasteiger partial charge in [0.05, 0.1) is 6.54 Å². The lowest BCUT2D eigenvalue weighted by Crippen LogP contribution is -2.11. The fourth-order valence-electron chi connectivity index (χ4n) is 1.73. The molecule has 3 heteroatoms. The molecule has 2 rings (SSSR count). The summed E-state index contributed by atoms with van der Waals surface area (Å²) in [6.07, 6.45) is 3.54. The number of hydrogen-bond acceptors (Lipinski definition) is 2. The molecule has 17 heavy (non-hydrogen) atoms. The SMILES string of the molecule is Cc1ccc(C(=O)Cn2ccnc2C)cc1C. The molecule has 0 atom stereocenters. The Morgan fingerprint density at radius 1 is 1.24 bits per heavy atom. The molecule has 0 amide bonds. The Bertz CT molecular complexity index is 555. The minimum Gasteiger partial charge on any atom is -0.327 e. The second-order valence-corrected chi connectivity index (χ2v) is 4.32. The topological polar surface area (TPSA) is 34.9 Å². The Kier molecular flexibility index (Phi) is 3.09. The monoisotopic (exact) mass is 228 g/mol. The van der Waals surface area contributed by atoms with Crippen molar-refractivity contribution in [3.8, 4) is 0 Å². The number of nitrogens with zero attached hydrogens (tertiary/aromatic N) is 2. The van der Waals surface area contributed by atoms with Crippen molar-refractivity contribution in [2.45, 2.75) is 27.3 Å². The Balaban J connectivity index is 2.20. The summed E-state index contributed by atoms with van der Waals surface area (Å²) in [7, 11) is 0. The minimum atomic E-state index is 0.120. The number of hydrogen-bond donors (Lipinski definition) is 0. The van der Waals surface area contributed by atoms with Gasteiger partial charge in [0.15, 0.2) is 5.78 Å². The van der Waals surface area contributed by atoms with Gasteiger partial charge in [-0.05, 0) is 38.0 Å². The van der Waals surface area contributed by atoms with Gasteiger partial charge in [0.1, 0.15) is 5.82 Å². The van der Waals surface area contributed by atoms with Gasteiger partial charge in [0, 0.05) is 18.0 Å². The van der Waals surface area contributed by atoms with Crippen molar-refractivity contribution in [1.82, 2.24) is 9.55 Å². The molecule has 0 N–H and O–H groups in total. The summed E-state index contributed by atoms with van der Waals surface area (Å²) in [5.74, 6) is 0.983. The molecule has 0 aliphatic rings. The van der Waals surface area contributed by atoms with E-state index in [0.29, 0.717) is 6.54 Å². The van der Waals surface area contributed by atoms with E-state index >= 15 is 0 Å². The van der Waals surface area contributed by atoms with E-state index in [2.05, 4.69) is 4.98 Å². The van der Waals surface area contributed by atoms with Crippen LogP contribution in [0.3, 0.4) is 0 Å². The molecular formula is C14H16N2O. The molecular weight excluding hydrogens is 212 g/mol. The van der Waals surface area contributed by atoms with Gasteiger partial charge in [-0.3, -0.25) is 4.79 Å². The summed E-state index contributed by atoms with van der Waals surface area (Å²) in [5.41, 5.74) is 3.12. The Hall–Kier alpha value is -1.90. The van der Waals surface area contributed by atoms with Gasteiger partial charge < -0.3 is 4.57 Å². The molecule has 1 aromatic carbocycles. The van der Waals surface area contributed by atoms with Crippen molar-refractivity contribution in [2.24, 2.45) is 0 Å². The fourth-order valence-corrected chi connectivity index (χ4v) is 1.73. The lowest BCUT2D eigenvalue weighted by atomic mass is 10.0. The summed E-state index contributed by atoms with van der Waals surface area (Å²) in [5, 5.41) is 0. The minimum absolute atomic E-state index is 0.120. The van der Waals surface area contributed by atoms with E-state index in [1.807, 2.05) is 49.7 Å². The number of aryl methyl sites for hydroxylation is 3. The number of ketones is 1. The maximum Gasteiger partial charge on any atom is 0.182 e. The molecule has 1 aromatic heterocycles. The number of imidazole rings is 1. The van der Waals surface area contributed by atoms with Crippen molar-refractivity contribution in [3.05, 3.63) is 53.1 Å². The van der Waals surface area contributed by atoms with Gasteiger partial charge >= 0.3 is 0 Å². The Morgan fingerprint density at radius 3 is 2.59 bits per heavy atom. The number of carbonyl (C=O) groups is 1. The lowest BCUT2D eigenvalue weighted by Gasteiger charge is -2.06. The molecule has 0 saturated heterocycles. The molecule has 0 aliphatic carbocycles. The summed E-state index contributed by atoms with van der Waals surface area (Å²) in [6, 6.07) is 5.82. The van der Waals surface area contributed by atoms with Crippen LogP contribution in [0.15, 0.2) is 30.6 Å². The van der Waals surface area contributed by atoms with Crippen LogP contribution in [-0.4, -0.2) is 15.3 Å². The Morgan fingerprint density at radius 2 is 2.00 bits per heavy atom. The van der Waals surface area contributed by atoms with E-state index in [1.165, 1.54) is 5.56 Å². The average Bonchev–Trinajstić information content (AvgIpc) is 2.68. The van der Waals surface area contributed by atoms with Crippen molar-refractivity contribution in [3.63, 3.8) is 0 Å². The molecule has 0 saturated carbocycles. The van der Waals surface area contributed by atoms with Crippen LogP contribution >= 0.6 is 0 Å². The first-order valence-electron chi connectivity index (χ1n) is 5.66. The zero-order valence-electron chi connectivity index (χ0n) is 10.4. The highest BCUT2D eigenvalue weighted by Gasteiger charge is 2.08. The van der Waals surface area contributed by atoms with Crippen LogP contribution in [0.5, 0.6) is 0 Å². The molecule has 3 nitrogen and oxygen atoms in total. The van der Waals surface area contributed by atoms with Gasteiger partial charge in [-0.2, -0.15) is 0 Å². The Labute approximate surface area is 101 Å². The molecule has 0 aliphatic heterocycles. The second-order valence-electron chi connectivity index (χ2n) is 4.32. The normalized spacial score (nSPS) is 10.5. The van der Waals surface area contributed by atoms with Gasteiger partial charge in [0.2, 0.25) is 0 Å². The maximum atomic E-state index is 12.1. The zero-order chi connectivity index (χ0) is 12.4. The molecule has 2 aromatic rings. The first kappa shape index (κ1) is 11.6. The van der Waals surface area contributed by atoms with Crippen molar-refractivity contribution < 1.29 is 4.79 Å². The fraction of sp³-hybridized carbons (Fsp3) is 0.286. The van der Waals surface area contributed by atoms with Crippen LogP contribution in [0, 0.1) is 20.8 Å². The van der Waals surface area contributed by atoms with E-state index in [0.717, 1.165) is 17.0 Å². The highest BCUT2D eigenvalue weighted by atomic mass is 16.1. The number of Topliss-reactive ketones (excluding diaryl/α,β-unsaturated/α-hetero) is 1. The van der Waals surface area contributed by atoms with Crippen LogP contribution in [0.2, 0.25) is 0 Å². The summed E-state index contributed by atoms with van der Waals surface area (Å²) >= 11 is 0. The third kappa shape index (κ3) is 2.44. The van der Waals surface area contributed by atoms with Crippen molar-refractivity contribution in [1.29, 1.82) is 0 Å². The third-order valence-corrected chi connectivity index (χ3v) is 3.07.